The Balaban J connectivity index is 0.000000360. The van der Waals surface area contributed by atoms with Gasteiger partial charge in [-0.15, -0.1) is 5.10 Å². The Bertz CT molecular complexity index is 112. The molecule has 0 saturated carbocycles. The molecular weight excluding hydrogens is 289 g/mol. The normalized spacial score (nSPS) is 7.43. The standard InChI is InChI=1S/CH3N5.Pb/c2-1-3-5-6-4-1;/h(H3,2,3,4,5,6);. The molecule has 0 unspecified atom stereocenters. The molecule has 7 heavy (non-hydrogen) atoms. The first-order chi connectivity index (χ1) is 2.89. The zero-order chi connectivity index (χ0) is 4.41. The average molecular weight is 292 g/mol. The van der Waals surface area contributed by atoms with Crippen molar-refractivity contribution in [1.29, 1.82) is 0 Å². The van der Waals surface area contributed by atoms with Crippen molar-refractivity contribution in [2.45, 2.75) is 0 Å². The molecule has 1 aromatic rings. The van der Waals surface area contributed by atoms with Crippen LogP contribution in [0.3, 0.4) is 0 Å². The molecule has 1 rings (SSSR count). The van der Waals surface area contributed by atoms with Gasteiger partial charge in [0.25, 0.3) is 5.95 Å². The second kappa shape index (κ2) is 2.88. The third-order valence-electron chi connectivity index (χ3n) is 0.362. The van der Waals surface area contributed by atoms with Gasteiger partial charge in [0.2, 0.25) is 0 Å². The zero-order valence-corrected chi connectivity index (χ0v) is 7.31. The van der Waals surface area contributed by atoms with Crippen LogP contribution in [0.5, 0.6) is 0 Å². The molecular formula is CH3N5Pb. The van der Waals surface area contributed by atoms with Crippen LogP contribution in [0.2, 0.25) is 0 Å². The zero-order valence-electron chi connectivity index (χ0n) is 3.42. The fourth-order valence-electron chi connectivity index (χ4n) is 0.170. The van der Waals surface area contributed by atoms with Crippen molar-refractivity contribution in [3.8, 4) is 0 Å². The number of hydrogen-bond donors (Lipinski definition) is 2. The van der Waals surface area contributed by atoms with Crippen molar-refractivity contribution in [3.63, 3.8) is 0 Å². The van der Waals surface area contributed by atoms with Gasteiger partial charge in [-0.3, -0.25) is 0 Å². The molecule has 0 aliphatic carbocycles. The van der Waals surface area contributed by atoms with E-state index < -0.39 is 0 Å². The average Bonchev–Trinajstić information content (AvgIpc) is 1.86. The van der Waals surface area contributed by atoms with Gasteiger partial charge in [0.05, 0.1) is 0 Å². The summed E-state index contributed by atoms with van der Waals surface area (Å²) in [4.78, 5) is 0. The predicted molar refractivity (Wildman–Crippen MR) is 24.3 cm³/mol. The van der Waals surface area contributed by atoms with Crippen LogP contribution in [0.4, 0.5) is 5.95 Å². The van der Waals surface area contributed by atoms with E-state index in [-0.39, 0.29) is 33.2 Å². The van der Waals surface area contributed by atoms with Gasteiger partial charge in [0, 0.05) is 27.3 Å². The van der Waals surface area contributed by atoms with E-state index in [0.717, 1.165) is 0 Å². The first-order valence-corrected chi connectivity index (χ1v) is 1.38. The molecule has 0 saturated heterocycles. The topological polar surface area (TPSA) is 80.5 Å². The van der Waals surface area contributed by atoms with Crippen LogP contribution in [-0.2, 0) is 0 Å². The molecule has 0 spiro atoms. The largest absolute Gasteiger partial charge is 0.365 e. The van der Waals surface area contributed by atoms with Gasteiger partial charge in [0.15, 0.2) is 0 Å². The van der Waals surface area contributed by atoms with Crippen molar-refractivity contribution in [2.75, 3.05) is 5.73 Å². The quantitative estimate of drug-likeness (QED) is 0.565. The minimum atomic E-state index is 0. The van der Waals surface area contributed by atoms with Gasteiger partial charge >= 0.3 is 0 Å². The molecule has 1 aromatic heterocycles. The van der Waals surface area contributed by atoms with Crippen LogP contribution in [0.15, 0.2) is 0 Å². The summed E-state index contributed by atoms with van der Waals surface area (Å²) in [6, 6.07) is 0. The summed E-state index contributed by atoms with van der Waals surface area (Å²) < 4.78 is 0. The van der Waals surface area contributed by atoms with Crippen molar-refractivity contribution in [1.82, 2.24) is 20.6 Å². The van der Waals surface area contributed by atoms with Gasteiger partial charge in [-0.2, -0.15) is 5.21 Å². The fraction of sp³-hybridized carbons (Fsp3) is 0. The molecule has 36 valence electrons. The van der Waals surface area contributed by atoms with E-state index >= 15 is 0 Å². The number of aromatic amines is 1. The van der Waals surface area contributed by atoms with Gasteiger partial charge in [-0.05, 0) is 5.21 Å². The van der Waals surface area contributed by atoms with E-state index in [0.29, 0.717) is 0 Å². The van der Waals surface area contributed by atoms with Crippen LogP contribution in [0.1, 0.15) is 0 Å². The number of aromatic nitrogens is 4. The summed E-state index contributed by atoms with van der Waals surface area (Å²) in [5.41, 5.74) is 4.96. The number of nitrogens with zero attached hydrogens (tertiary/aromatic N) is 3. The summed E-state index contributed by atoms with van der Waals surface area (Å²) in [5.74, 6) is 0.176. The third kappa shape index (κ3) is 1.81. The van der Waals surface area contributed by atoms with E-state index in [4.69, 9.17) is 5.73 Å². The van der Waals surface area contributed by atoms with Crippen molar-refractivity contribution in [2.24, 2.45) is 0 Å². The molecule has 3 N–H and O–H groups in total. The Morgan fingerprint density at radius 3 is 2.43 bits per heavy atom. The summed E-state index contributed by atoms with van der Waals surface area (Å²) in [5, 5.41) is 12.0. The smallest absolute Gasteiger partial charge is 0.260 e. The molecule has 0 fully saturated rings. The maximum absolute atomic E-state index is 4.96. The van der Waals surface area contributed by atoms with E-state index in [1.165, 1.54) is 0 Å². The molecule has 0 aliphatic rings. The molecule has 0 bridgehead atoms. The molecule has 0 aliphatic heterocycles. The Kier molecular flexibility index (Phi) is 2.80. The first kappa shape index (κ1) is 6.79. The molecule has 4 radical (unpaired) electrons. The Hall–Kier alpha value is -0.208. The maximum atomic E-state index is 4.96. The number of nitrogen functional groups attached to an aromatic ring is 1. The van der Waals surface area contributed by atoms with Gasteiger partial charge in [-0.25, -0.2) is 0 Å². The number of hydrogen-bond acceptors (Lipinski definition) is 4. The van der Waals surface area contributed by atoms with E-state index in [9.17, 15) is 0 Å². The van der Waals surface area contributed by atoms with E-state index in [1.54, 1.807) is 0 Å². The second-order valence-corrected chi connectivity index (χ2v) is 0.770. The number of nitrogens with two attached hydrogens (primary N) is 1. The van der Waals surface area contributed by atoms with Gasteiger partial charge < -0.3 is 5.73 Å². The summed E-state index contributed by atoms with van der Waals surface area (Å²) in [6.07, 6.45) is 0. The summed E-state index contributed by atoms with van der Waals surface area (Å²) in [7, 11) is 0. The fourth-order valence-corrected chi connectivity index (χ4v) is 0.170. The minimum Gasteiger partial charge on any atom is -0.365 e. The van der Waals surface area contributed by atoms with Crippen LogP contribution < -0.4 is 5.73 Å². The first-order valence-electron chi connectivity index (χ1n) is 1.38. The Labute approximate surface area is 59.8 Å². The second-order valence-electron chi connectivity index (χ2n) is 0.770. The Morgan fingerprint density at radius 1 is 1.57 bits per heavy atom. The maximum Gasteiger partial charge on any atom is 0.260 e. The number of H-pyrrole nitrogens is 1. The molecule has 1 heterocycles. The van der Waals surface area contributed by atoms with Crippen LogP contribution in [-0.4, -0.2) is 47.9 Å². The van der Waals surface area contributed by atoms with Gasteiger partial charge in [0.1, 0.15) is 0 Å². The summed E-state index contributed by atoms with van der Waals surface area (Å²) >= 11 is 0. The molecule has 5 nitrogen and oxygen atoms in total. The van der Waals surface area contributed by atoms with E-state index in [1.807, 2.05) is 0 Å². The predicted octanol–water partition coefficient (Wildman–Crippen LogP) is -1.60. The SMILES string of the molecule is Nc1nn[nH]n1.[Pb]. The molecule has 6 heteroatoms. The third-order valence-corrected chi connectivity index (χ3v) is 0.362. The monoisotopic (exact) mass is 293 g/mol. The van der Waals surface area contributed by atoms with Crippen molar-refractivity contribution < 1.29 is 0 Å². The number of anilines is 1. The molecule has 0 atom stereocenters. The Morgan fingerprint density at radius 2 is 2.29 bits per heavy atom. The molecule has 0 amide bonds. The van der Waals surface area contributed by atoms with Crippen molar-refractivity contribution >= 4 is 33.2 Å². The number of tetrazole rings is 1. The minimum absolute atomic E-state index is 0. The van der Waals surface area contributed by atoms with E-state index in [2.05, 4.69) is 20.6 Å². The number of rotatable bonds is 0. The molecule has 0 aromatic carbocycles. The van der Waals surface area contributed by atoms with Crippen LogP contribution >= 0.6 is 0 Å². The van der Waals surface area contributed by atoms with Crippen molar-refractivity contribution in [3.05, 3.63) is 0 Å². The van der Waals surface area contributed by atoms with Crippen LogP contribution in [0, 0.1) is 0 Å². The van der Waals surface area contributed by atoms with Gasteiger partial charge in [-0.1, -0.05) is 5.10 Å². The summed E-state index contributed by atoms with van der Waals surface area (Å²) in [6.45, 7) is 0. The number of nitrogens with one attached hydrogen (secondary N) is 1. The van der Waals surface area contributed by atoms with Crippen LogP contribution in [0.25, 0.3) is 0 Å².